The summed E-state index contributed by atoms with van der Waals surface area (Å²) in [6.07, 6.45) is -4.39. The summed E-state index contributed by atoms with van der Waals surface area (Å²) in [6, 6.07) is 9.58. The van der Waals surface area contributed by atoms with Gasteiger partial charge in [-0.25, -0.2) is 4.79 Å². The smallest absolute Gasteiger partial charge is 0.416 e. The molecule has 1 unspecified atom stereocenters. The van der Waals surface area contributed by atoms with Gasteiger partial charge in [-0.2, -0.15) is 13.2 Å². The molecule has 2 aromatic rings. The normalized spacial score (nSPS) is 16.8. The molecule has 1 heterocycles. The van der Waals surface area contributed by atoms with E-state index in [-0.39, 0.29) is 11.4 Å². The molecular formula is C19H19F3N2O3S. The second-order valence-corrected chi connectivity index (χ2v) is 7.26. The molecule has 2 amide bonds. The highest BCUT2D eigenvalue weighted by atomic mass is 32.2. The number of carbonyl (C=O) groups is 1. The highest BCUT2D eigenvalue weighted by Gasteiger charge is 2.33. The molecule has 3 rings (SSSR count). The number of benzene rings is 2. The Hall–Kier alpha value is -2.55. The molecule has 0 aliphatic carbocycles. The highest BCUT2D eigenvalue weighted by molar-refractivity contribution is 7.99. The van der Waals surface area contributed by atoms with E-state index in [1.807, 2.05) is 0 Å². The van der Waals surface area contributed by atoms with Gasteiger partial charge in [0.15, 0.2) is 0 Å². The number of carbonyl (C=O) groups excluding carboxylic acids is 1. The van der Waals surface area contributed by atoms with Crippen molar-refractivity contribution < 1.29 is 27.4 Å². The van der Waals surface area contributed by atoms with Crippen LogP contribution in [-0.2, 0) is 6.18 Å². The monoisotopic (exact) mass is 412 g/mol. The molecule has 28 heavy (non-hydrogen) atoms. The van der Waals surface area contributed by atoms with Crippen LogP contribution in [-0.4, -0.2) is 37.4 Å². The molecule has 0 radical (unpaired) electrons. The molecule has 1 fully saturated rings. The summed E-state index contributed by atoms with van der Waals surface area (Å²) in [5, 5.41) is 2.45. The second-order valence-electron chi connectivity index (χ2n) is 6.07. The van der Waals surface area contributed by atoms with E-state index in [0.717, 1.165) is 12.1 Å². The predicted molar refractivity (Wildman–Crippen MR) is 102 cm³/mol. The zero-order chi connectivity index (χ0) is 20.3. The third-order valence-corrected chi connectivity index (χ3v) is 5.54. The molecule has 5 nitrogen and oxygen atoms in total. The first-order chi connectivity index (χ1) is 13.3. The number of amides is 2. The van der Waals surface area contributed by atoms with Gasteiger partial charge in [-0.05, 0) is 17.7 Å². The maximum Gasteiger partial charge on any atom is 0.416 e. The average Bonchev–Trinajstić information content (AvgIpc) is 3.17. The number of nitrogens with one attached hydrogen (secondary N) is 1. The van der Waals surface area contributed by atoms with E-state index < -0.39 is 11.7 Å². The van der Waals surface area contributed by atoms with Crippen molar-refractivity contribution >= 4 is 23.5 Å². The van der Waals surface area contributed by atoms with E-state index in [0.29, 0.717) is 35.0 Å². The molecule has 1 aliphatic heterocycles. The number of halogens is 3. The molecule has 0 saturated carbocycles. The topological polar surface area (TPSA) is 50.8 Å². The van der Waals surface area contributed by atoms with Crippen LogP contribution in [0.5, 0.6) is 11.5 Å². The zero-order valence-corrected chi connectivity index (χ0v) is 16.1. The lowest BCUT2D eigenvalue weighted by atomic mass is 10.1. The maximum atomic E-state index is 12.8. The lowest BCUT2D eigenvalue weighted by Gasteiger charge is -2.25. The number of hydrogen-bond acceptors (Lipinski definition) is 4. The van der Waals surface area contributed by atoms with Crippen molar-refractivity contribution in [3.8, 4) is 11.5 Å². The standard InChI is InChI=1S/C19H19F3N2O3S/c1-26-15-9-14(10-16(11-15)27-2)23-18(25)24-7-8-28-17(24)12-3-5-13(6-4-12)19(20,21)22/h3-6,9-11,17H,7-8H2,1-2H3,(H,23,25). The first kappa shape index (κ1) is 20.2. The van der Waals surface area contributed by atoms with Crippen molar-refractivity contribution in [1.82, 2.24) is 4.90 Å². The number of alkyl halides is 3. The Kier molecular flexibility index (Phi) is 5.93. The first-order valence-electron chi connectivity index (χ1n) is 8.41. The van der Waals surface area contributed by atoms with Crippen LogP contribution < -0.4 is 14.8 Å². The number of anilines is 1. The van der Waals surface area contributed by atoms with Crippen molar-refractivity contribution in [1.29, 1.82) is 0 Å². The van der Waals surface area contributed by atoms with Crippen LogP contribution in [0.15, 0.2) is 42.5 Å². The predicted octanol–water partition coefficient (Wildman–Crippen LogP) is 5.00. The van der Waals surface area contributed by atoms with Gasteiger partial charge in [-0.3, -0.25) is 0 Å². The Balaban J connectivity index is 1.76. The summed E-state index contributed by atoms with van der Waals surface area (Å²) in [7, 11) is 3.02. The van der Waals surface area contributed by atoms with Gasteiger partial charge in [0, 0.05) is 36.2 Å². The number of urea groups is 1. The Morgan fingerprint density at radius 2 is 1.71 bits per heavy atom. The van der Waals surface area contributed by atoms with Crippen molar-refractivity contribution in [2.75, 3.05) is 31.8 Å². The fourth-order valence-corrected chi connectivity index (χ4v) is 4.12. The van der Waals surface area contributed by atoms with Crippen molar-refractivity contribution in [3.63, 3.8) is 0 Å². The molecule has 0 aromatic heterocycles. The third-order valence-electron chi connectivity index (χ3n) is 4.28. The van der Waals surface area contributed by atoms with Gasteiger partial charge in [-0.1, -0.05) is 12.1 Å². The van der Waals surface area contributed by atoms with Crippen LogP contribution in [0.25, 0.3) is 0 Å². The van der Waals surface area contributed by atoms with E-state index in [4.69, 9.17) is 9.47 Å². The molecule has 1 N–H and O–H groups in total. The molecule has 0 bridgehead atoms. The number of thioether (sulfide) groups is 1. The Morgan fingerprint density at radius 1 is 1.11 bits per heavy atom. The Bertz CT molecular complexity index is 821. The van der Waals surface area contributed by atoms with Gasteiger partial charge in [0.1, 0.15) is 16.9 Å². The van der Waals surface area contributed by atoms with Crippen LogP contribution >= 0.6 is 11.8 Å². The lowest BCUT2D eigenvalue weighted by molar-refractivity contribution is -0.137. The number of rotatable bonds is 4. The van der Waals surface area contributed by atoms with Crippen LogP contribution in [0.4, 0.5) is 23.7 Å². The van der Waals surface area contributed by atoms with Gasteiger partial charge in [0.2, 0.25) is 0 Å². The minimum absolute atomic E-state index is 0.342. The summed E-state index contributed by atoms with van der Waals surface area (Å²) < 4.78 is 48.7. The minimum atomic E-state index is -4.39. The molecule has 0 spiro atoms. The van der Waals surface area contributed by atoms with E-state index in [2.05, 4.69) is 5.32 Å². The second kappa shape index (κ2) is 8.22. The van der Waals surface area contributed by atoms with Crippen LogP contribution in [0.3, 0.4) is 0 Å². The largest absolute Gasteiger partial charge is 0.497 e. The van der Waals surface area contributed by atoms with Gasteiger partial charge in [0.25, 0.3) is 0 Å². The van der Waals surface area contributed by atoms with Crippen LogP contribution in [0.1, 0.15) is 16.5 Å². The summed E-state index contributed by atoms with van der Waals surface area (Å²) in [6.45, 7) is 0.489. The zero-order valence-electron chi connectivity index (χ0n) is 15.2. The molecule has 9 heteroatoms. The molecule has 1 saturated heterocycles. The number of nitrogens with zero attached hydrogens (tertiary/aromatic N) is 1. The van der Waals surface area contributed by atoms with E-state index in [9.17, 15) is 18.0 Å². The van der Waals surface area contributed by atoms with Crippen molar-refractivity contribution in [2.45, 2.75) is 11.6 Å². The van der Waals surface area contributed by atoms with Crippen molar-refractivity contribution in [2.24, 2.45) is 0 Å². The van der Waals surface area contributed by atoms with Crippen LogP contribution in [0, 0.1) is 0 Å². The molecule has 2 aromatic carbocycles. The van der Waals surface area contributed by atoms with E-state index >= 15 is 0 Å². The minimum Gasteiger partial charge on any atom is -0.497 e. The summed E-state index contributed by atoms with van der Waals surface area (Å²) in [5.74, 6) is 1.76. The molecule has 150 valence electrons. The summed E-state index contributed by atoms with van der Waals surface area (Å²) in [5.41, 5.74) is 0.442. The Labute approximate surface area is 164 Å². The van der Waals surface area contributed by atoms with Gasteiger partial charge in [0.05, 0.1) is 19.8 Å². The fourth-order valence-electron chi connectivity index (χ4n) is 2.87. The van der Waals surface area contributed by atoms with Gasteiger partial charge in [-0.15, -0.1) is 11.8 Å². The Morgan fingerprint density at radius 3 is 2.25 bits per heavy atom. The highest BCUT2D eigenvalue weighted by Crippen LogP contribution is 2.39. The molecule has 1 aliphatic rings. The fraction of sp³-hybridized carbons (Fsp3) is 0.316. The van der Waals surface area contributed by atoms with Crippen LogP contribution in [0.2, 0.25) is 0 Å². The maximum absolute atomic E-state index is 12.8. The SMILES string of the molecule is COc1cc(NC(=O)N2CCSC2c2ccc(C(F)(F)F)cc2)cc(OC)c1. The summed E-state index contributed by atoms with van der Waals surface area (Å²) in [4.78, 5) is 14.4. The van der Waals surface area contributed by atoms with Gasteiger partial charge >= 0.3 is 12.2 Å². The first-order valence-corrected chi connectivity index (χ1v) is 9.46. The summed E-state index contributed by atoms with van der Waals surface area (Å²) >= 11 is 1.51. The number of ether oxygens (including phenoxy) is 2. The average molecular weight is 412 g/mol. The number of hydrogen-bond donors (Lipinski definition) is 1. The third kappa shape index (κ3) is 4.46. The molecule has 1 atom stereocenters. The van der Waals surface area contributed by atoms with Gasteiger partial charge < -0.3 is 19.7 Å². The lowest BCUT2D eigenvalue weighted by Crippen LogP contribution is -2.34. The van der Waals surface area contributed by atoms with E-state index in [1.54, 1.807) is 23.1 Å². The number of methoxy groups -OCH3 is 2. The van der Waals surface area contributed by atoms with Crippen molar-refractivity contribution in [3.05, 3.63) is 53.6 Å². The van der Waals surface area contributed by atoms with E-state index in [1.165, 1.54) is 38.1 Å². The molecular weight excluding hydrogens is 393 g/mol. The quantitative estimate of drug-likeness (QED) is 0.768.